The summed E-state index contributed by atoms with van der Waals surface area (Å²) >= 11 is 0. The molecule has 25 heavy (non-hydrogen) atoms. The molecule has 2 aromatic carbocycles. The van der Waals surface area contributed by atoms with E-state index < -0.39 is 16.1 Å². The van der Waals surface area contributed by atoms with Gasteiger partial charge in [0.25, 0.3) is 10.2 Å². The highest BCUT2D eigenvalue weighted by Gasteiger charge is 2.22. The zero-order valence-corrected chi connectivity index (χ0v) is 15.2. The van der Waals surface area contributed by atoms with Gasteiger partial charge in [0, 0.05) is 26.8 Å². The van der Waals surface area contributed by atoms with Gasteiger partial charge in [-0.1, -0.05) is 18.2 Å². The minimum atomic E-state index is -3.62. The van der Waals surface area contributed by atoms with Crippen molar-refractivity contribution in [1.82, 2.24) is 8.61 Å². The van der Waals surface area contributed by atoms with E-state index in [1.807, 2.05) is 30.3 Å². The van der Waals surface area contributed by atoms with Crippen LogP contribution in [-0.4, -0.2) is 50.6 Å². The fourth-order valence-electron chi connectivity index (χ4n) is 1.99. The van der Waals surface area contributed by atoms with Crippen molar-refractivity contribution < 1.29 is 17.9 Å². The normalized spacial score (nSPS) is 11.6. The van der Waals surface area contributed by atoms with Crippen molar-refractivity contribution >= 4 is 21.8 Å². The van der Waals surface area contributed by atoms with E-state index in [0.29, 0.717) is 11.4 Å². The molecule has 1 amide bonds. The maximum Gasteiger partial charge on any atom is 0.281 e. The second-order valence-electron chi connectivity index (χ2n) is 5.53. The zero-order chi connectivity index (χ0) is 18.4. The van der Waals surface area contributed by atoms with Crippen LogP contribution < -0.4 is 10.1 Å². The number of para-hydroxylation sites is 1. The number of ether oxygens (including phenoxy) is 1. The van der Waals surface area contributed by atoms with Gasteiger partial charge < -0.3 is 10.1 Å². The number of hydrogen-bond donors (Lipinski definition) is 1. The van der Waals surface area contributed by atoms with Gasteiger partial charge in [-0.05, 0) is 36.4 Å². The Kier molecular flexibility index (Phi) is 6.13. The molecular weight excluding hydrogens is 342 g/mol. The van der Waals surface area contributed by atoms with Gasteiger partial charge in [-0.25, -0.2) is 0 Å². The smallest absolute Gasteiger partial charge is 0.281 e. The number of likely N-dealkylation sites (N-methyl/N-ethyl adjacent to an activating group) is 1. The second-order valence-corrected chi connectivity index (χ2v) is 7.78. The van der Waals surface area contributed by atoms with E-state index in [2.05, 4.69) is 5.32 Å². The molecule has 0 fully saturated rings. The summed E-state index contributed by atoms with van der Waals surface area (Å²) in [5, 5.41) is 2.66. The van der Waals surface area contributed by atoms with Crippen molar-refractivity contribution in [2.75, 3.05) is 33.0 Å². The maximum absolute atomic E-state index is 12.0. The first kappa shape index (κ1) is 18.9. The average molecular weight is 363 g/mol. The van der Waals surface area contributed by atoms with Gasteiger partial charge in [-0.2, -0.15) is 17.0 Å². The summed E-state index contributed by atoms with van der Waals surface area (Å²) in [7, 11) is 0.557. The van der Waals surface area contributed by atoms with E-state index in [0.717, 1.165) is 14.4 Å². The van der Waals surface area contributed by atoms with Crippen molar-refractivity contribution in [3.05, 3.63) is 54.6 Å². The van der Waals surface area contributed by atoms with Crippen LogP contribution in [0.4, 0.5) is 5.69 Å². The molecule has 0 atom stereocenters. The van der Waals surface area contributed by atoms with Gasteiger partial charge in [0.2, 0.25) is 5.91 Å². The summed E-state index contributed by atoms with van der Waals surface area (Å²) in [5.41, 5.74) is 0.557. The quantitative estimate of drug-likeness (QED) is 0.818. The molecule has 134 valence electrons. The third kappa shape index (κ3) is 5.28. The highest BCUT2D eigenvalue weighted by molar-refractivity contribution is 7.86. The van der Waals surface area contributed by atoms with Crippen LogP contribution >= 0.6 is 0 Å². The summed E-state index contributed by atoms with van der Waals surface area (Å²) in [5.74, 6) is 0.927. The molecule has 7 nitrogen and oxygen atoms in total. The molecule has 2 aromatic rings. The van der Waals surface area contributed by atoms with Crippen LogP contribution in [0.2, 0.25) is 0 Å². The number of nitrogens with one attached hydrogen (secondary N) is 1. The molecule has 0 bridgehead atoms. The molecule has 8 heteroatoms. The van der Waals surface area contributed by atoms with Crippen LogP contribution in [0.5, 0.6) is 11.5 Å². The highest BCUT2D eigenvalue weighted by atomic mass is 32.2. The molecule has 2 rings (SSSR count). The van der Waals surface area contributed by atoms with Gasteiger partial charge >= 0.3 is 0 Å². The Bertz CT molecular complexity index is 806. The van der Waals surface area contributed by atoms with E-state index in [9.17, 15) is 13.2 Å². The molecule has 0 aliphatic heterocycles. The molecule has 0 unspecified atom stereocenters. The standard InChI is InChI=1S/C17H21N3O4S/c1-19(2)25(22,23)20(3)13-17(21)18-14-9-11-16(12-10-14)24-15-7-5-4-6-8-15/h4-12H,13H2,1-3H3,(H,18,21). The number of anilines is 1. The zero-order valence-electron chi connectivity index (χ0n) is 14.3. The number of hydrogen-bond acceptors (Lipinski definition) is 4. The summed E-state index contributed by atoms with van der Waals surface area (Å²) in [4.78, 5) is 12.0. The summed E-state index contributed by atoms with van der Waals surface area (Å²) in [6, 6.07) is 16.2. The molecule has 0 radical (unpaired) electrons. The van der Waals surface area contributed by atoms with Crippen molar-refractivity contribution in [2.45, 2.75) is 0 Å². The van der Waals surface area contributed by atoms with Crippen molar-refractivity contribution in [3.8, 4) is 11.5 Å². The van der Waals surface area contributed by atoms with Crippen LogP contribution in [0, 0.1) is 0 Å². The molecule has 0 aromatic heterocycles. The molecular formula is C17H21N3O4S. The fraction of sp³-hybridized carbons (Fsp3) is 0.235. The first-order valence-electron chi connectivity index (χ1n) is 7.55. The van der Waals surface area contributed by atoms with Crippen LogP contribution in [0.25, 0.3) is 0 Å². The van der Waals surface area contributed by atoms with Crippen LogP contribution in [0.15, 0.2) is 54.6 Å². The van der Waals surface area contributed by atoms with Gasteiger partial charge in [-0.15, -0.1) is 0 Å². The van der Waals surface area contributed by atoms with Gasteiger partial charge in [0.05, 0.1) is 6.54 Å². The number of carbonyl (C=O) groups excluding carboxylic acids is 1. The minimum absolute atomic E-state index is 0.275. The lowest BCUT2D eigenvalue weighted by molar-refractivity contribution is -0.116. The molecule has 0 heterocycles. The fourth-order valence-corrected chi connectivity index (χ4v) is 2.83. The summed E-state index contributed by atoms with van der Waals surface area (Å²) in [6.07, 6.45) is 0. The van der Waals surface area contributed by atoms with Gasteiger partial charge in [-0.3, -0.25) is 4.79 Å². The number of amides is 1. The van der Waals surface area contributed by atoms with E-state index in [1.54, 1.807) is 24.3 Å². The Morgan fingerprint density at radius 2 is 1.52 bits per heavy atom. The first-order valence-corrected chi connectivity index (χ1v) is 8.95. The lowest BCUT2D eigenvalue weighted by Gasteiger charge is -2.20. The third-order valence-corrected chi connectivity index (χ3v) is 5.18. The Morgan fingerprint density at radius 3 is 2.08 bits per heavy atom. The van der Waals surface area contributed by atoms with Gasteiger partial charge in [0.15, 0.2) is 0 Å². The maximum atomic E-state index is 12.0. The Morgan fingerprint density at radius 1 is 0.960 bits per heavy atom. The predicted octanol–water partition coefficient (Wildman–Crippen LogP) is 2.16. The second kappa shape index (κ2) is 8.11. The minimum Gasteiger partial charge on any atom is -0.457 e. The number of carbonyl (C=O) groups is 1. The van der Waals surface area contributed by atoms with Crippen molar-refractivity contribution in [2.24, 2.45) is 0 Å². The topological polar surface area (TPSA) is 79.0 Å². The van der Waals surface area contributed by atoms with Crippen LogP contribution in [0.3, 0.4) is 0 Å². The summed E-state index contributed by atoms with van der Waals surface area (Å²) in [6.45, 7) is -0.275. The Labute approximate surface area is 148 Å². The highest BCUT2D eigenvalue weighted by Crippen LogP contribution is 2.22. The number of benzene rings is 2. The predicted molar refractivity (Wildman–Crippen MR) is 96.8 cm³/mol. The van der Waals surface area contributed by atoms with E-state index in [-0.39, 0.29) is 6.54 Å². The monoisotopic (exact) mass is 363 g/mol. The van der Waals surface area contributed by atoms with Crippen molar-refractivity contribution in [3.63, 3.8) is 0 Å². The molecule has 0 saturated heterocycles. The SMILES string of the molecule is CN(C)S(=O)(=O)N(C)CC(=O)Nc1ccc(Oc2ccccc2)cc1. The van der Waals surface area contributed by atoms with Gasteiger partial charge in [0.1, 0.15) is 11.5 Å². The lowest BCUT2D eigenvalue weighted by atomic mass is 10.3. The number of rotatable bonds is 7. The van der Waals surface area contributed by atoms with E-state index in [4.69, 9.17) is 4.74 Å². The molecule has 0 aliphatic rings. The Balaban J connectivity index is 1.93. The molecule has 0 saturated carbocycles. The number of nitrogens with zero attached hydrogens (tertiary/aromatic N) is 2. The third-order valence-electron chi connectivity index (χ3n) is 3.34. The van der Waals surface area contributed by atoms with Crippen LogP contribution in [-0.2, 0) is 15.0 Å². The van der Waals surface area contributed by atoms with Crippen molar-refractivity contribution in [1.29, 1.82) is 0 Å². The molecule has 0 aliphatic carbocycles. The summed E-state index contributed by atoms with van der Waals surface area (Å²) < 4.78 is 31.5. The largest absolute Gasteiger partial charge is 0.457 e. The molecule has 0 spiro atoms. The Hall–Kier alpha value is -2.42. The van der Waals surface area contributed by atoms with E-state index in [1.165, 1.54) is 21.1 Å². The first-order chi connectivity index (χ1) is 11.8. The molecule has 1 N–H and O–H groups in total. The van der Waals surface area contributed by atoms with Crippen LogP contribution in [0.1, 0.15) is 0 Å². The lowest BCUT2D eigenvalue weighted by Crippen LogP contribution is -2.41. The average Bonchev–Trinajstić information content (AvgIpc) is 2.57. The van der Waals surface area contributed by atoms with E-state index >= 15 is 0 Å².